The molecule has 0 unspecified atom stereocenters. The molecule has 0 saturated carbocycles. The van der Waals surface area contributed by atoms with Gasteiger partial charge in [0, 0.05) is 14.2 Å². The molecule has 0 aliphatic heterocycles. The van der Waals surface area contributed by atoms with Crippen LogP contribution in [0.4, 0.5) is 0 Å². The second kappa shape index (κ2) is 6.21. The summed E-state index contributed by atoms with van der Waals surface area (Å²) in [7, 11) is 3.18. The fraction of sp³-hybridized carbons (Fsp3) is 0.400. The van der Waals surface area contributed by atoms with E-state index >= 15 is 0 Å². The molecule has 0 heterocycles. The number of hydrogen-bond donors (Lipinski definition) is 0. The first-order valence-corrected chi connectivity index (χ1v) is 5.28. The Hall–Kier alpha value is -0.330. The third kappa shape index (κ3) is 3.43. The molecule has 0 bridgehead atoms. The molecule has 78 valence electrons. The Morgan fingerprint density at radius 1 is 1.21 bits per heavy atom. The van der Waals surface area contributed by atoms with Crippen LogP contribution in [0.5, 0.6) is 5.75 Å². The Kier molecular flexibility index (Phi) is 5.21. The molecule has 0 aliphatic carbocycles. The van der Waals surface area contributed by atoms with Gasteiger partial charge in [-0.1, -0.05) is 12.1 Å². The molecular weight excluding hydrogens is 295 g/mol. The second-order valence-corrected chi connectivity index (χ2v) is 3.80. The molecule has 0 radical (unpaired) electrons. The predicted octanol–water partition coefficient (Wildman–Crippen LogP) is 2.29. The lowest BCUT2D eigenvalue weighted by atomic mass is 10.3. The van der Waals surface area contributed by atoms with Gasteiger partial charge in [0.05, 0.1) is 3.57 Å². The van der Waals surface area contributed by atoms with Crippen LogP contribution in [0.15, 0.2) is 24.3 Å². The molecule has 0 aliphatic rings. The highest BCUT2D eigenvalue weighted by Gasteiger charge is 2.06. The fourth-order valence-corrected chi connectivity index (χ4v) is 1.50. The van der Waals surface area contributed by atoms with Crippen LogP contribution in [-0.2, 0) is 9.47 Å². The largest absolute Gasteiger partial charge is 0.487 e. The maximum Gasteiger partial charge on any atom is 0.191 e. The lowest BCUT2D eigenvalue weighted by Crippen LogP contribution is -2.22. The molecule has 4 heteroatoms. The van der Waals surface area contributed by atoms with Gasteiger partial charge in [-0.3, -0.25) is 0 Å². The number of hydrogen-bond acceptors (Lipinski definition) is 3. The highest BCUT2D eigenvalue weighted by atomic mass is 127. The third-order valence-corrected chi connectivity index (χ3v) is 2.63. The molecule has 0 amide bonds. The van der Waals surface area contributed by atoms with E-state index in [-0.39, 0.29) is 6.29 Å². The summed E-state index contributed by atoms with van der Waals surface area (Å²) in [5.41, 5.74) is 0. The SMILES string of the molecule is COC(COc1ccccc1I)OC. The van der Waals surface area contributed by atoms with Crippen LogP contribution in [0.1, 0.15) is 0 Å². The average molecular weight is 308 g/mol. The highest BCUT2D eigenvalue weighted by molar-refractivity contribution is 14.1. The first kappa shape index (κ1) is 11.7. The van der Waals surface area contributed by atoms with Gasteiger partial charge in [0.1, 0.15) is 12.4 Å². The maximum atomic E-state index is 5.52. The van der Waals surface area contributed by atoms with E-state index in [1.165, 1.54) is 0 Å². The Balaban J connectivity index is 2.49. The summed E-state index contributed by atoms with van der Waals surface area (Å²) in [6.07, 6.45) is -0.314. The monoisotopic (exact) mass is 308 g/mol. The van der Waals surface area contributed by atoms with Crippen LogP contribution in [-0.4, -0.2) is 27.1 Å². The number of para-hydroxylation sites is 1. The highest BCUT2D eigenvalue weighted by Crippen LogP contribution is 2.19. The van der Waals surface area contributed by atoms with Crippen molar-refractivity contribution in [3.05, 3.63) is 27.8 Å². The molecule has 0 fully saturated rings. The standard InChI is InChI=1S/C10H13IO3/c1-12-10(13-2)7-14-9-6-4-3-5-8(9)11/h3-6,10H,7H2,1-2H3. The van der Waals surface area contributed by atoms with Crippen LogP contribution in [0.2, 0.25) is 0 Å². The van der Waals surface area contributed by atoms with Crippen molar-refractivity contribution in [2.45, 2.75) is 6.29 Å². The zero-order valence-corrected chi connectivity index (χ0v) is 10.4. The van der Waals surface area contributed by atoms with E-state index in [9.17, 15) is 0 Å². The van der Waals surface area contributed by atoms with Crippen molar-refractivity contribution >= 4 is 22.6 Å². The van der Waals surface area contributed by atoms with Crippen LogP contribution >= 0.6 is 22.6 Å². The van der Waals surface area contributed by atoms with Crippen molar-refractivity contribution < 1.29 is 14.2 Å². The van der Waals surface area contributed by atoms with Gasteiger partial charge < -0.3 is 14.2 Å². The van der Waals surface area contributed by atoms with Gasteiger partial charge >= 0.3 is 0 Å². The van der Waals surface area contributed by atoms with Gasteiger partial charge in [0.15, 0.2) is 6.29 Å². The summed E-state index contributed by atoms with van der Waals surface area (Å²) < 4.78 is 16.6. The van der Waals surface area contributed by atoms with Gasteiger partial charge in [-0.15, -0.1) is 0 Å². The van der Waals surface area contributed by atoms with Crippen molar-refractivity contribution in [1.82, 2.24) is 0 Å². The zero-order valence-electron chi connectivity index (χ0n) is 8.20. The molecule has 1 aromatic rings. The Morgan fingerprint density at radius 2 is 1.86 bits per heavy atom. The molecule has 0 N–H and O–H groups in total. The minimum atomic E-state index is -0.314. The molecule has 1 rings (SSSR count). The van der Waals surface area contributed by atoms with Crippen molar-refractivity contribution in [3.8, 4) is 5.75 Å². The van der Waals surface area contributed by atoms with Crippen molar-refractivity contribution in [2.24, 2.45) is 0 Å². The lowest BCUT2D eigenvalue weighted by molar-refractivity contribution is -0.122. The van der Waals surface area contributed by atoms with Gasteiger partial charge in [-0.05, 0) is 34.7 Å². The number of ether oxygens (including phenoxy) is 3. The first-order chi connectivity index (χ1) is 6.77. The van der Waals surface area contributed by atoms with Crippen molar-refractivity contribution in [1.29, 1.82) is 0 Å². The quantitative estimate of drug-likeness (QED) is 0.617. The number of halogens is 1. The molecule has 0 spiro atoms. The molecular formula is C10H13IO3. The van der Waals surface area contributed by atoms with Crippen LogP contribution in [0.25, 0.3) is 0 Å². The smallest absolute Gasteiger partial charge is 0.191 e. The van der Waals surface area contributed by atoms with Gasteiger partial charge in [0.25, 0.3) is 0 Å². The molecule has 3 nitrogen and oxygen atoms in total. The van der Waals surface area contributed by atoms with E-state index in [0.717, 1.165) is 9.32 Å². The molecule has 14 heavy (non-hydrogen) atoms. The number of methoxy groups -OCH3 is 2. The van der Waals surface area contributed by atoms with Gasteiger partial charge in [-0.2, -0.15) is 0 Å². The Morgan fingerprint density at radius 3 is 2.43 bits per heavy atom. The second-order valence-electron chi connectivity index (χ2n) is 2.64. The third-order valence-electron chi connectivity index (χ3n) is 1.74. The zero-order chi connectivity index (χ0) is 10.4. The van der Waals surface area contributed by atoms with Crippen LogP contribution < -0.4 is 4.74 Å². The average Bonchev–Trinajstić information content (AvgIpc) is 2.22. The molecule has 0 aromatic heterocycles. The summed E-state index contributed by atoms with van der Waals surface area (Å²) in [4.78, 5) is 0. The summed E-state index contributed by atoms with van der Waals surface area (Å²) in [5, 5.41) is 0. The molecule has 1 aromatic carbocycles. The Bertz CT molecular complexity index is 274. The van der Waals surface area contributed by atoms with Gasteiger partial charge in [-0.25, -0.2) is 0 Å². The Labute approximate surface area is 97.5 Å². The summed E-state index contributed by atoms with van der Waals surface area (Å²) in [6, 6.07) is 7.82. The number of benzene rings is 1. The van der Waals surface area contributed by atoms with Crippen molar-refractivity contribution in [2.75, 3.05) is 20.8 Å². The number of rotatable bonds is 5. The minimum absolute atomic E-state index is 0.314. The molecule has 0 atom stereocenters. The van der Waals surface area contributed by atoms with E-state index in [1.54, 1.807) is 14.2 Å². The normalized spacial score (nSPS) is 10.6. The van der Waals surface area contributed by atoms with E-state index in [0.29, 0.717) is 6.61 Å². The van der Waals surface area contributed by atoms with Crippen molar-refractivity contribution in [3.63, 3.8) is 0 Å². The maximum absolute atomic E-state index is 5.52. The summed E-state index contributed by atoms with van der Waals surface area (Å²) in [6.45, 7) is 0.396. The summed E-state index contributed by atoms with van der Waals surface area (Å²) >= 11 is 2.22. The first-order valence-electron chi connectivity index (χ1n) is 4.21. The summed E-state index contributed by atoms with van der Waals surface area (Å²) in [5.74, 6) is 0.854. The van der Waals surface area contributed by atoms with E-state index < -0.39 is 0 Å². The van der Waals surface area contributed by atoms with E-state index in [4.69, 9.17) is 14.2 Å². The van der Waals surface area contributed by atoms with E-state index in [2.05, 4.69) is 22.6 Å². The lowest BCUT2D eigenvalue weighted by Gasteiger charge is -2.14. The topological polar surface area (TPSA) is 27.7 Å². The molecule has 0 saturated heterocycles. The van der Waals surface area contributed by atoms with Crippen LogP contribution in [0.3, 0.4) is 0 Å². The predicted molar refractivity (Wildman–Crippen MR) is 62.5 cm³/mol. The van der Waals surface area contributed by atoms with E-state index in [1.807, 2.05) is 24.3 Å². The minimum Gasteiger partial charge on any atom is -0.487 e. The van der Waals surface area contributed by atoms with Gasteiger partial charge in [0.2, 0.25) is 0 Å². The van der Waals surface area contributed by atoms with Crippen LogP contribution in [0, 0.1) is 3.57 Å². The fourth-order valence-electron chi connectivity index (χ4n) is 0.952.